The number of carbonyl (C=O) groups is 2. The van der Waals surface area contributed by atoms with E-state index >= 15 is 0 Å². The van der Waals surface area contributed by atoms with Gasteiger partial charge in [0, 0.05) is 11.4 Å². The lowest BCUT2D eigenvalue weighted by Crippen LogP contribution is -2.25. The summed E-state index contributed by atoms with van der Waals surface area (Å²) in [6, 6.07) is 0. The third-order valence-corrected chi connectivity index (χ3v) is 6.03. The van der Waals surface area contributed by atoms with Gasteiger partial charge < -0.3 is 10.6 Å². The minimum Gasteiger partial charge on any atom is -0.352 e. The molecule has 1 aliphatic rings. The third kappa shape index (κ3) is 3.21. The van der Waals surface area contributed by atoms with Gasteiger partial charge in [0.15, 0.2) is 0 Å². The number of hydrogen-bond donors (Lipinski definition) is 2. The Balaban J connectivity index is 1.93. The first-order valence-corrected chi connectivity index (χ1v) is 9.80. The van der Waals surface area contributed by atoms with Crippen LogP contribution in [-0.4, -0.2) is 27.9 Å². The predicted octanol–water partition coefficient (Wildman–Crippen LogP) is 3.04. The first-order valence-electron chi connectivity index (χ1n) is 8.21. The predicted molar refractivity (Wildman–Crippen MR) is 96.2 cm³/mol. The van der Waals surface area contributed by atoms with Crippen LogP contribution in [0.15, 0.2) is 0 Å². The van der Waals surface area contributed by atoms with Crippen molar-refractivity contribution in [2.75, 3.05) is 11.9 Å². The molecule has 6 nitrogen and oxygen atoms in total. The molecule has 0 aromatic carbocycles. The number of amides is 2. The lowest BCUT2D eigenvalue weighted by molar-refractivity contribution is 0.0956. The van der Waals surface area contributed by atoms with Gasteiger partial charge in [-0.25, -0.2) is 0 Å². The van der Waals surface area contributed by atoms with E-state index in [0.29, 0.717) is 34.1 Å². The highest BCUT2D eigenvalue weighted by Crippen LogP contribution is 2.38. The Labute approximate surface area is 148 Å². The Morgan fingerprint density at radius 3 is 2.71 bits per heavy atom. The van der Waals surface area contributed by atoms with E-state index in [2.05, 4.69) is 20.2 Å². The molecule has 0 fully saturated rings. The van der Waals surface area contributed by atoms with Crippen LogP contribution in [0.25, 0.3) is 0 Å². The molecule has 0 radical (unpaired) electrons. The summed E-state index contributed by atoms with van der Waals surface area (Å²) in [6.45, 7) is 4.40. The zero-order valence-electron chi connectivity index (χ0n) is 13.8. The van der Waals surface area contributed by atoms with Crippen LogP contribution in [0, 0.1) is 0 Å². The summed E-state index contributed by atoms with van der Waals surface area (Å²) in [5.74, 6) is -0.337. The lowest BCUT2D eigenvalue weighted by atomic mass is 9.95. The van der Waals surface area contributed by atoms with Crippen LogP contribution in [0.5, 0.6) is 0 Å². The van der Waals surface area contributed by atoms with Gasteiger partial charge in [-0.1, -0.05) is 11.4 Å². The first-order chi connectivity index (χ1) is 11.7. The first kappa shape index (κ1) is 17.0. The van der Waals surface area contributed by atoms with Gasteiger partial charge in [0.2, 0.25) is 0 Å². The Hall–Kier alpha value is -1.80. The van der Waals surface area contributed by atoms with E-state index in [4.69, 9.17) is 0 Å². The average Bonchev–Trinajstić information content (AvgIpc) is 3.18. The number of hydrogen-bond acceptors (Lipinski definition) is 6. The fourth-order valence-electron chi connectivity index (χ4n) is 2.92. The van der Waals surface area contributed by atoms with Crippen molar-refractivity contribution in [2.45, 2.75) is 46.0 Å². The van der Waals surface area contributed by atoms with Crippen LogP contribution >= 0.6 is 22.9 Å². The Morgan fingerprint density at radius 2 is 1.96 bits per heavy atom. The molecule has 2 aromatic rings. The van der Waals surface area contributed by atoms with Crippen LogP contribution in [0.1, 0.15) is 62.9 Å². The summed E-state index contributed by atoms with van der Waals surface area (Å²) in [7, 11) is 0. The van der Waals surface area contributed by atoms with Crippen molar-refractivity contribution in [2.24, 2.45) is 0 Å². The molecular weight excluding hydrogens is 344 g/mol. The highest BCUT2D eigenvalue weighted by Gasteiger charge is 2.27. The molecule has 0 saturated carbocycles. The van der Waals surface area contributed by atoms with E-state index in [1.807, 2.05) is 13.8 Å². The summed E-state index contributed by atoms with van der Waals surface area (Å²) < 4.78 is 3.86. The van der Waals surface area contributed by atoms with Gasteiger partial charge in [-0.2, -0.15) is 0 Å². The van der Waals surface area contributed by atoms with Crippen LogP contribution in [-0.2, 0) is 19.3 Å². The van der Waals surface area contributed by atoms with Crippen molar-refractivity contribution < 1.29 is 9.59 Å². The van der Waals surface area contributed by atoms with Gasteiger partial charge in [0.25, 0.3) is 11.8 Å². The highest BCUT2D eigenvalue weighted by atomic mass is 32.1. The Kier molecular flexibility index (Phi) is 5.25. The van der Waals surface area contributed by atoms with E-state index in [1.54, 1.807) is 0 Å². The molecule has 0 atom stereocenters. The molecule has 2 aromatic heterocycles. The van der Waals surface area contributed by atoms with Gasteiger partial charge >= 0.3 is 0 Å². The monoisotopic (exact) mass is 364 g/mol. The van der Waals surface area contributed by atoms with Gasteiger partial charge in [0.1, 0.15) is 9.88 Å². The van der Waals surface area contributed by atoms with E-state index < -0.39 is 0 Å². The molecule has 0 aliphatic heterocycles. The van der Waals surface area contributed by atoms with Crippen LogP contribution in [0.3, 0.4) is 0 Å². The maximum absolute atomic E-state index is 12.6. The average molecular weight is 364 g/mol. The molecule has 2 N–H and O–H groups in total. The number of carbonyl (C=O) groups excluding carboxylic acids is 2. The Morgan fingerprint density at radius 1 is 1.17 bits per heavy atom. The fourth-order valence-corrected chi connectivity index (χ4v) is 4.84. The van der Waals surface area contributed by atoms with Crippen molar-refractivity contribution >= 4 is 39.7 Å². The molecule has 24 heavy (non-hydrogen) atoms. The normalized spacial score (nSPS) is 13.4. The molecule has 0 bridgehead atoms. The largest absolute Gasteiger partial charge is 0.352 e. The van der Waals surface area contributed by atoms with E-state index in [9.17, 15) is 9.59 Å². The van der Waals surface area contributed by atoms with Crippen molar-refractivity contribution in [1.82, 2.24) is 14.9 Å². The summed E-state index contributed by atoms with van der Waals surface area (Å²) in [5, 5.41) is 10.4. The summed E-state index contributed by atoms with van der Waals surface area (Å²) >= 11 is 2.62. The van der Waals surface area contributed by atoms with Gasteiger partial charge in [0.05, 0.1) is 11.3 Å². The number of nitrogens with zero attached hydrogens (tertiary/aromatic N) is 2. The summed E-state index contributed by atoms with van der Waals surface area (Å²) in [4.78, 5) is 26.8. The molecule has 0 unspecified atom stereocenters. The number of aromatic nitrogens is 2. The van der Waals surface area contributed by atoms with Crippen molar-refractivity contribution in [3.8, 4) is 0 Å². The topological polar surface area (TPSA) is 84.0 Å². The third-order valence-electron chi connectivity index (χ3n) is 4.06. The zero-order valence-corrected chi connectivity index (χ0v) is 15.4. The van der Waals surface area contributed by atoms with Crippen molar-refractivity contribution in [3.05, 3.63) is 26.6 Å². The molecule has 3 rings (SSSR count). The molecule has 0 saturated heterocycles. The fraction of sp³-hybridized carbons (Fsp3) is 0.500. The van der Waals surface area contributed by atoms with Crippen molar-refractivity contribution in [1.29, 1.82) is 0 Å². The van der Waals surface area contributed by atoms with Crippen LogP contribution < -0.4 is 10.6 Å². The second-order valence-electron chi connectivity index (χ2n) is 5.63. The Bertz CT molecular complexity index is 766. The SMILES string of the molecule is CCNC(=O)c1c(NC(=O)c2snnc2CC)sc2c1CCCC2. The van der Waals surface area contributed by atoms with E-state index in [-0.39, 0.29) is 11.8 Å². The number of aryl methyl sites for hydroxylation is 2. The van der Waals surface area contributed by atoms with Gasteiger partial charge in [-0.05, 0) is 56.1 Å². The van der Waals surface area contributed by atoms with Crippen molar-refractivity contribution in [3.63, 3.8) is 0 Å². The molecule has 1 aliphatic carbocycles. The summed E-state index contributed by atoms with van der Waals surface area (Å²) in [6.07, 6.45) is 4.75. The minimum absolute atomic E-state index is 0.106. The summed E-state index contributed by atoms with van der Waals surface area (Å²) in [5.41, 5.74) is 2.43. The van der Waals surface area contributed by atoms with Crippen LogP contribution in [0.4, 0.5) is 5.00 Å². The second-order valence-corrected chi connectivity index (χ2v) is 7.49. The molecule has 0 spiro atoms. The number of rotatable bonds is 5. The number of thiophene rings is 1. The number of fused-ring (bicyclic) bond motifs is 1. The van der Waals surface area contributed by atoms with E-state index in [1.165, 1.54) is 16.2 Å². The maximum Gasteiger partial charge on any atom is 0.269 e. The number of anilines is 1. The number of nitrogens with one attached hydrogen (secondary N) is 2. The molecule has 128 valence electrons. The lowest BCUT2D eigenvalue weighted by Gasteiger charge is -2.12. The minimum atomic E-state index is -0.231. The quantitative estimate of drug-likeness (QED) is 0.854. The zero-order chi connectivity index (χ0) is 17.1. The van der Waals surface area contributed by atoms with Gasteiger partial charge in [-0.15, -0.1) is 16.4 Å². The van der Waals surface area contributed by atoms with Crippen LogP contribution in [0.2, 0.25) is 0 Å². The molecule has 8 heteroatoms. The molecule has 2 heterocycles. The maximum atomic E-state index is 12.6. The standard InChI is InChI=1S/C16H20N4O2S2/c1-3-10-13(24-20-19-10)15(22)18-16-12(14(21)17-4-2)9-7-5-6-8-11(9)23-16/h3-8H2,1-2H3,(H,17,21)(H,18,22). The highest BCUT2D eigenvalue weighted by molar-refractivity contribution is 7.17. The van der Waals surface area contributed by atoms with E-state index in [0.717, 1.165) is 42.8 Å². The second kappa shape index (κ2) is 7.40. The smallest absolute Gasteiger partial charge is 0.269 e. The van der Waals surface area contributed by atoms with Gasteiger partial charge in [-0.3, -0.25) is 9.59 Å². The molecular formula is C16H20N4O2S2. The molecule has 2 amide bonds.